The van der Waals surface area contributed by atoms with Crippen molar-refractivity contribution in [3.63, 3.8) is 0 Å². The van der Waals surface area contributed by atoms with Crippen LogP contribution < -0.4 is 0 Å². The van der Waals surface area contributed by atoms with E-state index in [0.29, 0.717) is 17.5 Å². The van der Waals surface area contributed by atoms with Crippen molar-refractivity contribution in [3.8, 4) is 11.3 Å². The lowest BCUT2D eigenvalue weighted by atomic mass is 10.00. The number of aromatic nitrogens is 2. The number of amides is 1. The van der Waals surface area contributed by atoms with Gasteiger partial charge in [0.25, 0.3) is 0 Å². The fourth-order valence-corrected chi connectivity index (χ4v) is 4.62. The molecular formula is C25H21N3OS. The van der Waals surface area contributed by atoms with Crippen molar-refractivity contribution in [2.24, 2.45) is 0 Å². The van der Waals surface area contributed by atoms with E-state index in [2.05, 4.69) is 30.3 Å². The van der Waals surface area contributed by atoms with Crippen molar-refractivity contribution in [1.29, 1.82) is 0 Å². The molecule has 1 aliphatic rings. The van der Waals surface area contributed by atoms with Crippen LogP contribution in [0, 0.1) is 0 Å². The summed E-state index contributed by atoms with van der Waals surface area (Å²) in [5.41, 5.74) is 5.45. The number of benzene rings is 3. The van der Waals surface area contributed by atoms with Gasteiger partial charge in [-0.2, -0.15) is 0 Å². The van der Waals surface area contributed by atoms with Crippen LogP contribution in [0.2, 0.25) is 0 Å². The summed E-state index contributed by atoms with van der Waals surface area (Å²) in [6.45, 7) is 1.45. The summed E-state index contributed by atoms with van der Waals surface area (Å²) in [5, 5.41) is 1.66. The third kappa shape index (κ3) is 3.81. The summed E-state index contributed by atoms with van der Waals surface area (Å²) in [5.74, 6) is 0.474. The maximum atomic E-state index is 12.8. The van der Waals surface area contributed by atoms with Crippen LogP contribution >= 0.6 is 11.8 Å². The van der Waals surface area contributed by atoms with Crippen LogP contribution in [0.4, 0.5) is 0 Å². The fraction of sp³-hybridized carbons (Fsp3) is 0.160. The van der Waals surface area contributed by atoms with Crippen molar-refractivity contribution < 1.29 is 4.79 Å². The van der Waals surface area contributed by atoms with Crippen LogP contribution in [0.1, 0.15) is 11.1 Å². The maximum Gasteiger partial charge on any atom is 0.233 e. The van der Waals surface area contributed by atoms with E-state index in [1.165, 1.54) is 22.9 Å². The van der Waals surface area contributed by atoms with Crippen LogP contribution in [0.3, 0.4) is 0 Å². The lowest BCUT2D eigenvalue weighted by Crippen LogP contribution is -2.37. The second kappa shape index (κ2) is 8.28. The zero-order valence-electron chi connectivity index (χ0n) is 16.5. The van der Waals surface area contributed by atoms with Gasteiger partial charge in [0.1, 0.15) is 0 Å². The lowest BCUT2D eigenvalue weighted by molar-refractivity contribution is -0.129. The molecule has 1 aromatic heterocycles. The molecule has 0 atom stereocenters. The third-order valence-electron chi connectivity index (χ3n) is 5.44. The van der Waals surface area contributed by atoms with Crippen molar-refractivity contribution in [1.82, 2.24) is 14.9 Å². The molecule has 0 N–H and O–H groups in total. The van der Waals surface area contributed by atoms with E-state index in [0.717, 1.165) is 35.1 Å². The first-order valence-corrected chi connectivity index (χ1v) is 11.1. The van der Waals surface area contributed by atoms with Crippen LogP contribution in [0.15, 0.2) is 84.0 Å². The fourth-order valence-electron chi connectivity index (χ4n) is 3.86. The van der Waals surface area contributed by atoms with Gasteiger partial charge in [0.2, 0.25) is 5.91 Å². The molecule has 0 saturated carbocycles. The van der Waals surface area contributed by atoms with Gasteiger partial charge in [-0.15, -0.1) is 0 Å². The number of carbonyl (C=O) groups is 1. The molecular weight excluding hydrogens is 390 g/mol. The SMILES string of the molecule is O=C(CSc1nc(-c2ccccc2)c2ccccc2n1)N1CCc2ccccc2C1. The molecule has 0 saturated heterocycles. The van der Waals surface area contributed by atoms with E-state index in [1.54, 1.807) is 0 Å². The first-order valence-electron chi connectivity index (χ1n) is 10.1. The quantitative estimate of drug-likeness (QED) is 0.351. The minimum atomic E-state index is 0.132. The maximum absolute atomic E-state index is 12.8. The van der Waals surface area contributed by atoms with Crippen molar-refractivity contribution in [2.75, 3.05) is 12.3 Å². The molecule has 4 nitrogen and oxygen atoms in total. The van der Waals surface area contributed by atoms with Crippen LogP contribution in [0.25, 0.3) is 22.2 Å². The molecule has 5 rings (SSSR count). The average Bonchev–Trinajstić information content (AvgIpc) is 2.82. The Morgan fingerprint density at radius 2 is 1.60 bits per heavy atom. The second-order valence-corrected chi connectivity index (χ2v) is 8.30. The summed E-state index contributed by atoms with van der Waals surface area (Å²) < 4.78 is 0. The average molecular weight is 412 g/mol. The van der Waals surface area contributed by atoms with Gasteiger partial charge < -0.3 is 4.90 Å². The smallest absolute Gasteiger partial charge is 0.233 e. The Balaban J connectivity index is 1.37. The van der Waals surface area contributed by atoms with E-state index in [4.69, 9.17) is 9.97 Å². The molecule has 1 aliphatic heterocycles. The summed E-state index contributed by atoms with van der Waals surface area (Å²) >= 11 is 1.41. The molecule has 0 radical (unpaired) electrons. The number of thioether (sulfide) groups is 1. The van der Waals surface area contributed by atoms with Crippen molar-refractivity contribution in [3.05, 3.63) is 90.0 Å². The van der Waals surface area contributed by atoms with Crippen LogP contribution in [-0.4, -0.2) is 33.1 Å². The van der Waals surface area contributed by atoms with Crippen LogP contribution in [-0.2, 0) is 17.8 Å². The van der Waals surface area contributed by atoms with Gasteiger partial charge in [0.15, 0.2) is 5.16 Å². The Hall–Kier alpha value is -3.18. The number of fused-ring (bicyclic) bond motifs is 2. The normalized spacial score (nSPS) is 13.3. The highest BCUT2D eigenvalue weighted by molar-refractivity contribution is 7.99. The van der Waals surface area contributed by atoms with Crippen LogP contribution in [0.5, 0.6) is 0 Å². The Labute approximate surface area is 180 Å². The van der Waals surface area contributed by atoms with Gasteiger partial charge in [-0.25, -0.2) is 9.97 Å². The number of nitrogens with zero attached hydrogens (tertiary/aromatic N) is 3. The number of hydrogen-bond acceptors (Lipinski definition) is 4. The van der Waals surface area contributed by atoms with Crippen molar-refractivity contribution >= 4 is 28.6 Å². The summed E-state index contributed by atoms with van der Waals surface area (Å²) in [6.07, 6.45) is 0.914. The number of para-hydroxylation sites is 1. The Morgan fingerprint density at radius 3 is 2.47 bits per heavy atom. The molecule has 148 valence electrons. The predicted octanol–water partition coefficient (Wildman–Crippen LogP) is 4.97. The molecule has 4 aromatic rings. The summed E-state index contributed by atoms with van der Waals surface area (Å²) in [6, 6.07) is 26.5. The molecule has 2 heterocycles. The van der Waals surface area contributed by atoms with E-state index >= 15 is 0 Å². The van der Waals surface area contributed by atoms with Gasteiger partial charge in [-0.1, -0.05) is 84.6 Å². The summed E-state index contributed by atoms with van der Waals surface area (Å²) in [4.78, 5) is 24.3. The molecule has 1 amide bonds. The highest BCUT2D eigenvalue weighted by Gasteiger charge is 2.21. The van der Waals surface area contributed by atoms with Gasteiger partial charge in [0, 0.05) is 24.0 Å². The van der Waals surface area contributed by atoms with Gasteiger partial charge in [-0.3, -0.25) is 4.79 Å². The third-order valence-corrected chi connectivity index (χ3v) is 6.27. The molecule has 0 fully saturated rings. The monoisotopic (exact) mass is 411 g/mol. The number of rotatable bonds is 4. The Morgan fingerprint density at radius 1 is 0.867 bits per heavy atom. The predicted molar refractivity (Wildman–Crippen MR) is 121 cm³/mol. The second-order valence-electron chi connectivity index (χ2n) is 7.36. The molecule has 30 heavy (non-hydrogen) atoms. The topological polar surface area (TPSA) is 46.1 Å². The van der Waals surface area contributed by atoms with E-state index in [1.807, 2.05) is 53.4 Å². The van der Waals surface area contributed by atoms with E-state index in [-0.39, 0.29) is 5.91 Å². The molecule has 0 aliphatic carbocycles. The van der Waals surface area contributed by atoms with Gasteiger partial charge in [-0.05, 0) is 23.6 Å². The molecule has 0 unspecified atom stereocenters. The zero-order valence-corrected chi connectivity index (χ0v) is 17.3. The minimum Gasteiger partial charge on any atom is -0.337 e. The van der Waals surface area contributed by atoms with Gasteiger partial charge in [0.05, 0.1) is 17.0 Å². The molecule has 3 aromatic carbocycles. The Kier molecular flexibility index (Phi) is 5.20. The lowest BCUT2D eigenvalue weighted by Gasteiger charge is -2.28. The standard InChI is InChI=1S/C25H21N3OS/c29-23(28-15-14-18-8-4-5-11-20(18)16-28)17-30-25-26-22-13-7-6-12-21(22)24(27-25)19-9-2-1-3-10-19/h1-13H,14-17H2. The molecule has 0 spiro atoms. The minimum absolute atomic E-state index is 0.132. The number of hydrogen-bond donors (Lipinski definition) is 0. The highest BCUT2D eigenvalue weighted by atomic mass is 32.2. The molecule has 5 heteroatoms. The van der Waals surface area contributed by atoms with Gasteiger partial charge >= 0.3 is 0 Å². The van der Waals surface area contributed by atoms with E-state index < -0.39 is 0 Å². The first kappa shape index (κ1) is 18.8. The number of carbonyl (C=O) groups excluding carboxylic acids is 1. The zero-order chi connectivity index (χ0) is 20.3. The first-order chi connectivity index (χ1) is 14.8. The summed E-state index contributed by atoms with van der Waals surface area (Å²) in [7, 11) is 0. The highest BCUT2D eigenvalue weighted by Crippen LogP contribution is 2.29. The Bertz CT molecular complexity index is 1210. The molecule has 0 bridgehead atoms. The largest absolute Gasteiger partial charge is 0.337 e. The van der Waals surface area contributed by atoms with Crippen molar-refractivity contribution in [2.45, 2.75) is 18.1 Å². The van der Waals surface area contributed by atoms with E-state index in [9.17, 15) is 4.79 Å².